The number of amides is 2. The summed E-state index contributed by atoms with van der Waals surface area (Å²) < 4.78 is 27.3. The van der Waals surface area contributed by atoms with Gasteiger partial charge in [0.1, 0.15) is 11.6 Å². The number of nitrogens with one attached hydrogen (secondary N) is 3. The number of hydrogen-bond acceptors (Lipinski definition) is 6. The van der Waals surface area contributed by atoms with Gasteiger partial charge in [-0.15, -0.1) is 0 Å². The molecule has 1 aromatic heterocycles. The summed E-state index contributed by atoms with van der Waals surface area (Å²) >= 11 is 0. The number of aliphatic carboxylic acids is 1. The number of nitrogens with two attached hydrogens (primary N) is 1. The van der Waals surface area contributed by atoms with Crippen LogP contribution in [-0.2, 0) is 11.3 Å². The number of halogens is 2. The van der Waals surface area contributed by atoms with Gasteiger partial charge in [-0.1, -0.05) is 24.3 Å². The molecule has 0 aliphatic heterocycles. The van der Waals surface area contributed by atoms with Crippen LogP contribution < -0.4 is 21.9 Å². The Labute approximate surface area is 217 Å². The second kappa shape index (κ2) is 13.4. The van der Waals surface area contributed by atoms with Gasteiger partial charge in [-0.25, -0.2) is 13.6 Å². The summed E-state index contributed by atoms with van der Waals surface area (Å²) in [5.41, 5.74) is 6.85. The van der Waals surface area contributed by atoms with Crippen LogP contribution in [0.15, 0.2) is 47.4 Å². The Bertz CT molecular complexity index is 1330. The van der Waals surface area contributed by atoms with Gasteiger partial charge in [0, 0.05) is 25.2 Å². The fraction of sp³-hybridized carbons (Fsp3) is 0.308. The molecule has 0 saturated carbocycles. The minimum atomic E-state index is -0.939. The molecule has 0 atom stereocenters. The van der Waals surface area contributed by atoms with Crippen molar-refractivity contribution in [3.05, 3.63) is 75.7 Å². The first kappa shape index (κ1) is 28.4. The maximum absolute atomic E-state index is 13.9. The van der Waals surface area contributed by atoms with E-state index in [1.165, 1.54) is 13.1 Å². The molecule has 2 aromatic carbocycles. The summed E-state index contributed by atoms with van der Waals surface area (Å²) in [5.74, 6) is -2.65. The molecule has 0 aliphatic carbocycles. The van der Waals surface area contributed by atoms with Gasteiger partial charge >= 0.3 is 12.0 Å². The molecule has 3 rings (SSSR count). The van der Waals surface area contributed by atoms with Gasteiger partial charge < -0.3 is 21.1 Å². The predicted octanol–water partition coefficient (Wildman–Crippen LogP) is 3.68. The summed E-state index contributed by atoms with van der Waals surface area (Å²) in [5, 5.41) is 13.4. The smallest absolute Gasteiger partial charge is 0.326 e. The van der Waals surface area contributed by atoms with Crippen molar-refractivity contribution in [2.75, 3.05) is 30.3 Å². The SMILES string of the molecule is Cc1cc(NC(=O)Nc2nc(=O)c(-c3ccc(CN(CCCN)CCCC(=O)O)cc3)c[nH]2)c(F)cc1F. The molecule has 0 aliphatic rings. The molecule has 202 valence electrons. The Morgan fingerprint density at radius 1 is 1.08 bits per heavy atom. The van der Waals surface area contributed by atoms with Crippen LogP contribution in [0.2, 0.25) is 0 Å². The lowest BCUT2D eigenvalue weighted by Crippen LogP contribution is -2.27. The number of rotatable bonds is 12. The van der Waals surface area contributed by atoms with E-state index in [4.69, 9.17) is 10.8 Å². The van der Waals surface area contributed by atoms with Crippen molar-refractivity contribution in [1.29, 1.82) is 0 Å². The van der Waals surface area contributed by atoms with Gasteiger partial charge in [0.15, 0.2) is 0 Å². The highest BCUT2D eigenvalue weighted by atomic mass is 19.1. The van der Waals surface area contributed by atoms with Crippen molar-refractivity contribution in [2.24, 2.45) is 5.73 Å². The molecule has 2 amide bonds. The number of carbonyl (C=O) groups excluding carboxylic acids is 1. The Morgan fingerprint density at radius 2 is 1.79 bits per heavy atom. The van der Waals surface area contributed by atoms with Crippen LogP contribution in [0.25, 0.3) is 11.1 Å². The van der Waals surface area contributed by atoms with Gasteiger partial charge in [-0.2, -0.15) is 4.98 Å². The third-order valence-corrected chi connectivity index (χ3v) is 5.74. The number of anilines is 2. The monoisotopic (exact) mass is 528 g/mol. The summed E-state index contributed by atoms with van der Waals surface area (Å²) in [6, 6.07) is 8.26. The summed E-state index contributed by atoms with van der Waals surface area (Å²) in [7, 11) is 0. The number of aromatic amines is 1. The van der Waals surface area contributed by atoms with E-state index < -0.39 is 29.2 Å². The number of aryl methyl sites for hydroxylation is 1. The van der Waals surface area contributed by atoms with Crippen molar-refractivity contribution in [3.63, 3.8) is 0 Å². The Hall–Kier alpha value is -4.16. The third-order valence-electron chi connectivity index (χ3n) is 5.74. The van der Waals surface area contributed by atoms with Crippen LogP contribution in [0.3, 0.4) is 0 Å². The molecule has 0 radical (unpaired) electrons. The van der Waals surface area contributed by atoms with Gasteiger partial charge in [0.05, 0.1) is 11.3 Å². The fourth-order valence-corrected chi connectivity index (χ4v) is 3.77. The van der Waals surface area contributed by atoms with Gasteiger partial charge in [0.2, 0.25) is 5.95 Å². The van der Waals surface area contributed by atoms with E-state index in [0.29, 0.717) is 37.7 Å². The molecule has 3 aromatic rings. The molecule has 6 N–H and O–H groups in total. The predicted molar refractivity (Wildman–Crippen MR) is 140 cm³/mol. The van der Waals surface area contributed by atoms with Crippen LogP contribution in [0.1, 0.15) is 30.4 Å². The molecule has 0 unspecified atom stereocenters. The lowest BCUT2D eigenvalue weighted by Gasteiger charge is -2.22. The molecular weight excluding hydrogens is 498 g/mol. The molecule has 10 nitrogen and oxygen atoms in total. The van der Waals surface area contributed by atoms with Gasteiger partial charge in [-0.05, 0) is 62.2 Å². The standard InChI is InChI=1S/C26H30F2N6O4/c1-16-12-22(21(28)13-20(16)27)31-26(38)33-25-30-14-19(24(37)32-25)18-7-5-17(6-8-18)15-34(11-3-9-29)10-2-4-23(35)36/h5-8,12-14H,2-4,9-11,15,29H2,1H3,(H,35,36)(H3,30,31,32,33,37,38). The minimum Gasteiger partial charge on any atom is -0.481 e. The lowest BCUT2D eigenvalue weighted by molar-refractivity contribution is -0.137. The quantitative estimate of drug-likeness (QED) is 0.240. The van der Waals surface area contributed by atoms with E-state index in [1.54, 1.807) is 12.1 Å². The molecule has 0 fully saturated rings. The number of hydrogen-bond donors (Lipinski definition) is 5. The number of H-pyrrole nitrogens is 1. The largest absolute Gasteiger partial charge is 0.481 e. The summed E-state index contributed by atoms with van der Waals surface area (Å²) in [4.78, 5) is 44.3. The topological polar surface area (TPSA) is 153 Å². The first-order valence-corrected chi connectivity index (χ1v) is 12.0. The van der Waals surface area contributed by atoms with Crippen LogP contribution in [0.4, 0.5) is 25.2 Å². The highest BCUT2D eigenvalue weighted by molar-refractivity contribution is 5.98. The average Bonchev–Trinajstić information content (AvgIpc) is 2.86. The van der Waals surface area contributed by atoms with Gasteiger partial charge in [0.25, 0.3) is 5.56 Å². The second-order valence-corrected chi connectivity index (χ2v) is 8.74. The number of benzene rings is 2. The van der Waals surface area contributed by atoms with E-state index in [1.807, 2.05) is 12.1 Å². The Balaban J connectivity index is 1.64. The Kier molecular flexibility index (Phi) is 10.0. The minimum absolute atomic E-state index is 0.100. The van der Waals surface area contributed by atoms with Crippen molar-refractivity contribution < 1.29 is 23.5 Å². The molecule has 0 saturated heterocycles. The summed E-state index contributed by atoms with van der Waals surface area (Å²) in [6.07, 6.45) is 2.84. The first-order chi connectivity index (χ1) is 18.2. The van der Waals surface area contributed by atoms with E-state index in [2.05, 4.69) is 25.5 Å². The van der Waals surface area contributed by atoms with E-state index in [-0.39, 0.29) is 29.2 Å². The van der Waals surface area contributed by atoms with Crippen LogP contribution in [0.5, 0.6) is 0 Å². The van der Waals surface area contributed by atoms with E-state index in [0.717, 1.165) is 24.6 Å². The van der Waals surface area contributed by atoms with E-state index >= 15 is 0 Å². The maximum atomic E-state index is 13.9. The molecular formula is C26H30F2N6O4. The zero-order chi connectivity index (χ0) is 27.7. The molecule has 12 heteroatoms. The summed E-state index contributed by atoms with van der Waals surface area (Å²) in [6.45, 7) is 3.96. The van der Waals surface area contributed by atoms with Gasteiger partial charge in [-0.3, -0.25) is 19.8 Å². The van der Waals surface area contributed by atoms with Crippen molar-refractivity contribution in [1.82, 2.24) is 14.9 Å². The van der Waals surface area contributed by atoms with Crippen LogP contribution in [0, 0.1) is 18.6 Å². The number of urea groups is 1. The maximum Gasteiger partial charge on any atom is 0.326 e. The highest BCUT2D eigenvalue weighted by Gasteiger charge is 2.13. The second-order valence-electron chi connectivity index (χ2n) is 8.74. The number of aromatic nitrogens is 2. The number of carboxylic acid groups (broad SMARTS) is 1. The molecule has 1 heterocycles. The normalized spacial score (nSPS) is 11.0. The first-order valence-electron chi connectivity index (χ1n) is 12.0. The lowest BCUT2D eigenvalue weighted by atomic mass is 10.1. The number of carboxylic acids is 1. The van der Waals surface area contributed by atoms with E-state index in [9.17, 15) is 23.2 Å². The van der Waals surface area contributed by atoms with Crippen molar-refractivity contribution in [2.45, 2.75) is 32.7 Å². The molecule has 0 spiro atoms. The van der Waals surface area contributed by atoms with Crippen molar-refractivity contribution >= 4 is 23.6 Å². The number of carbonyl (C=O) groups is 2. The molecule has 0 bridgehead atoms. The zero-order valence-corrected chi connectivity index (χ0v) is 20.9. The zero-order valence-electron chi connectivity index (χ0n) is 20.9. The van der Waals surface area contributed by atoms with Crippen LogP contribution in [-0.4, -0.2) is 51.6 Å². The number of nitrogens with zero attached hydrogens (tertiary/aromatic N) is 2. The average molecular weight is 529 g/mol. The van der Waals surface area contributed by atoms with Crippen molar-refractivity contribution in [3.8, 4) is 11.1 Å². The molecule has 38 heavy (non-hydrogen) atoms. The Morgan fingerprint density at radius 3 is 2.45 bits per heavy atom. The van der Waals surface area contributed by atoms with Crippen LogP contribution >= 0.6 is 0 Å². The highest BCUT2D eigenvalue weighted by Crippen LogP contribution is 2.20. The fourth-order valence-electron chi connectivity index (χ4n) is 3.77. The third kappa shape index (κ3) is 8.18.